The molecule has 0 aromatic heterocycles. The molecule has 1 rings (SSSR count). The number of methoxy groups -OCH3 is 1. The van der Waals surface area contributed by atoms with Crippen LogP contribution >= 0.6 is 28.3 Å². The molecule has 0 radical (unpaired) electrons. The van der Waals surface area contributed by atoms with Gasteiger partial charge >= 0.3 is 5.97 Å². The summed E-state index contributed by atoms with van der Waals surface area (Å²) in [6.45, 7) is 3.14. The molecule has 0 saturated heterocycles. The Bertz CT molecular complexity index is 482. The highest BCUT2D eigenvalue weighted by molar-refractivity contribution is 9.10. The van der Waals surface area contributed by atoms with Crippen LogP contribution in [0.4, 0.5) is 4.39 Å². The number of ether oxygens (including phenoxy) is 1. The second-order valence-electron chi connectivity index (χ2n) is 4.52. The van der Waals surface area contributed by atoms with Gasteiger partial charge in [0.1, 0.15) is 11.6 Å². The molecular formula is C12H16BrClFNO3. The Balaban J connectivity index is 0.00000324. The predicted molar refractivity (Wildman–Crippen MR) is 75.7 cm³/mol. The van der Waals surface area contributed by atoms with E-state index in [1.165, 1.54) is 7.11 Å². The maximum Gasteiger partial charge on any atom is 0.313 e. The highest BCUT2D eigenvalue weighted by atomic mass is 79.9. The topological polar surface area (TPSA) is 72.5 Å². The quantitative estimate of drug-likeness (QED) is 0.817. The van der Waals surface area contributed by atoms with Crippen LogP contribution in [0.25, 0.3) is 0 Å². The van der Waals surface area contributed by atoms with Crippen LogP contribution in [0.5, 0.6) is 5.75 Å². The van der Waals surface area contributed by atoms with Crippen molar-refractivity contribution in [1.29, 1.82) is 0 Å². The van der Waals surface area contributed by atoms with Crippen molar-refractivity contribution in [3.63, 3.8) is 0 Å². The number of rotatable bonds is 3. The first-order chi connectivity index (χ1) is 8.21. The van der Waals surface area contributed by atoms with Gasteiger partial charge in [0.15, 0.2) is 0 Å². The van der Waals surface area contributed by atoms with Crippen LogP contribution in [0.2, 0.25) is 0 Å². The number of aromatic hydroxyl groups is 1. The van der Waals surface area contributed by atoms with Crippen molar-refractivity contribution < 1.29 is 19.0 Å². The van der Waals surface area contributed by atoms with Crippen LogP contribution in [0.1, 0.15) is 25.5 Å². The first kappa shape index (κ1) is 18.1. The van der Waals surface area contributed by atoms with E-state index in [9.17, 15) is 14.3 Å². The van der Waals surface area contributed by atoms with E-state index in [2.05, 4.69) is 20.7 Å². The van der Waals surface area contributed by atoms with Gasteiger partial charge in [-0.25, -0.2) is 4.39 Å². The smallest absolute Gasteiger partial charge is 0.313 e. The molecule has 3 N–H and O–H groups in total. The van der Waals surface area contributed by atoms with E-state index in [0.717, 1.165) is 12.1 Å². The minimum absolute atomic E-state index is 0. The maximum absolute atomic E-state index is 13.3. The van der Waals surface area contributed by atoms with E-state index in [1.807, 2.05) is 0 Å². The number of hydrogen-bond donors (Lipinski definition) is 2. The molecule has 1 aromatic rings. The fourth-order valence-electron chi connectivity index (χ4n) is 1.60. The van der Waals surface area contributed by atoms with E-state index in [0.29, 0.717) is 0 Å². The summed E-state index contributed by atoms with van der Waals surface area (Å²) < 4.78 is 18.2. The molecule has 0 bridgehead atoms. The Morgan fingerprint density at radius 3 is 2.53 bits per heavy atom. The summed E-state index contributed by atoms with van der Waals surface area (Å²) >= 11 is 3.02. The Morgan fingerprint density at radius 2 is 2.05 bits per heavy atom. The third-order valence-electron chi connectivity index (χ3n) is 2.88. The van der Waals surface area contributed by atoms with Crippen molar-refractivity contribution in [2.24, 2.45) is 11.1 Å². The SMILES string of the molecule is COC(=O)C(C)(C)[C@@H](N)c1cc(F)cc(Br)c1O.Cl. The first-order valence-corrected chi connectivity index (χ1v) is 6.03. The standard InChI is InChI=1S/C12H15BrFNO3.ClH/c1-12(2,11(17)18-3)10(15)7-4-6(14)5-8(13)9(7)16;/h4-5,10,16H,15H2,1-3H3;1H/t10-;/m0./s1. The number of carbonyl (C=O) groups is 1. The van der Waals surface area contributed by atoms with Gasteiger partial charge in [-0.15, -0.1) is 12.4 Å². The van der Waals surface area contributed by atoms with Crippen LogP contribution in [0.3, 0.4) is 0 Å². The number of phenolic OH excluding ortho intramolecular Hbond substituents is 1. The zero-order valence-corrected chi connectivity index (χ0v) is 13.1. The Labute approximate surface area is 125 Å². The van der Waals surface area contributed by atoms with Gasteiger partial charge in [-0.1, -0.05) is 0 Å². The van der Waals surface area contributed by atoms with Gasteiger partial charge in [0.25, 0.3) is 0 Å². The number of nitrogens with two attached hydrogens (primary N) is 1. The summed E-state index contributed by atoms with van der Waals surface area (Å²) in [6, 6.07) is 1.34. The fourth-order valence-corrected chi connectivity index (χ4v) is 2.05. The lowest BCUT2D eigenvalue weighted by atomic mass is 9.80. The van der Waals surface area contributed by atoms with E-state index < -0.39 is 23.2 Å². The molecule has 1 aromatic carbocycles. The van der Waals surface area contributed by atoms with Crippen molar-refractivity contribution in [2.75, 3.05) is 7.11 Å². The van der Waals surface area contributed by atoms with Gasteiger partial charge in [0, 0.05) is 11.6 Å². The summed E-state index contributed by atoms with van der Waals surface area (Å²) in [5, 5.41) is 9.86. The third kappa shape index (κ3) is 3.58. The predicted octanol–water partition coefficient (Wildman–Crippen LogP) is 2.91. The molecule has 0 fully saturated rings. The molecule has 0 unspecified atom stereocenters. The number of carbonyl (C=O) groups excluding carboxylic acids is 1. The lowest BCUT2D eigenvalue weighted by Crippen LogP contribution is -2.37. The van der Waals surface area contributed by atoms with Crippen LogP contribution in [0, 0.1) is 11.2 Å². The number of benzene rings is 1. The van der Waals surface area contributed by atoms with Crippen LogP contribution in [0.15, 0.2) is 16.6 Å². The molecule has 0 saturated carbocycles. The zero-order chi connectivity index (χ0) is 14.1. The van der Waals surface area contributed by atoms with Crippen molar-refractivity contribution in [1.82, 2.24) is 0 Å². The van der Waals surface area contributed by atoms with Crippen molar-refractivity contribution in [3.8, 4) is 5.75 Å². The minimum atomic E-state index is -1.08. The average Bonchev–Trinajstić information content (AvgIpc) is 2.31. The van der Waals surface area contributed by atoms with Gasteiger partial charge in [-0.3, -0.25) is 4.79 Å². The van der Waals surface area contributed by atoms with Gasteiger partial charge in [-0.05, 0) is 41.9 Å². The van der Waals surface area contributed by atoms with Crippen molar-refractivity contribution >= 4 is 34.3 Å². The molecule has 0 amide bonds. The summed E-state index contributed by atoms with van der Waals surface area (Å²) in [5.41, 5.74) is 5.01. The van der Waals surface area contributed by atoms with E-state index >= 15 is 0 Å². The molecule has 0 aliphatic rings. The zero-order valence-electron chi connectivity index (χ0n) is 10.7. The van der Waals surface area contributed by atoms with Crippen LogP contribution < -0.4 is 5.73 Å². The number of hydrogen-bond acceptors (Lipinski definition) is 4. The second kappa shape index (κ2) is 6.54. The fraction of sp³-hybridized carbons (Fsp3) is 0.417. The summed E-state index contributed by atoms with van der Waals surface area (Å²) in [7, 11) is 1.25. The highest BCUT2D eigenvalue weighted by Gasteiger charge is 2.38. The first-order valence-electron chi connectivity index (χ1n) is 5.23. The lowest BCUT2D eigenvalue weighted by molar-refractivity contribution is -0.152. The molecule has 7 heteroatoms. The van der Waals surface area contributed by atoms with E-state index in [-0.39, 0.29) is 28.2 Å². The van der Waals surface area contributed by atoms with Crippen LogP contribution in [-0.4, -0.2) is 18.2 Å². The Morgan fingerprint density at radius 1 is 1.53 bits per heavy atom. The van der Waals surface area contributed by atoms with E-state index in [1.54, 1.807) is 13.8 Å². The average molecular weight is 357 g/mol. The van der Waals surface area contributed by atoms with Gasteiger partial charge < -0.3 is 15.6 Å². The third-order valence-corrected chi connectivity index (χ3v) is 3.49. The number of phenols is 1. The molecular weight excluding hydrogens is 340 g/mol. The number of esters is 1. The molecule has 4 nitrogen and oxygen atoms in total. The van der Waals surface area contributed by atoms with Gasteiger partial charge in [0.2, 0.25) is 0 Å². The molecule has 0 heterocycles. The van der Waals surface area contributed by atoms with Gasteiger partial charge in [-0.2, -0.15) is 0 Å². The lowest BCUT2D eigenvalue weighted by Gasteiger charge is -2.29. The summed E-state index contributed by atoms with van der Waals surface area (Å²) in [4.78, 5) is 11.6. The summed E-state index contributed by atoms with van der Waals surface area (Å²) in [6.07, 6.45) is 0. The largest absolute Gasteiger partial charge is 0.506 e. The molecule has 1 atom stereocenters. The normalized spacial score (nSPS) is 12.5. The molecule has 108 valence electrons. The second-order valence-corrected chi connectivity index (χ2v) is 5.37. The summed E-state index contributed by atoms with van der Waals surface area (Å²) in [5.74, 6) is -1.26. The van der Waals surface area contributed by atoms with Crippen molar-refractivity contribution in [2.45, 2.75) is 19.9 Å². The number of halogens is 3. The maximum atomic E-state index is 13.3. The molecule has 0 spiro atoms. The highest BCUT2D eigenvalue weighted by Crippen LogP contribution is 2.40. The molecule has 19 heavy (non-hydrogen) atoms. The van der Waals surface area contributed by atoms with E-state index in [4.69, 9.17) is 5.73 Å². The van der Waals surface area contributed by atoms with Gasteiger partial charge in [0.05, 0.1) is 17.0 Å². The Hall–Kier alpha value is -0.850. The van der Waals surface area contributed by atoms with Crippen molar-refractivity contribution in [3.05, 3.63) is 28.0 Å². The minimum Gasteiger partial charge on any atom is -0.506 e. The Kier molecular flexibility index (Phi) is 6.25. The molecule has 0 aliphatic heterocycles. The molecule has 0 aliphatic carbocycles. The van der Waals surface area contributed by atoms with Crippen LogP contribution in [-0.2, 0) is 9.53 Å². The monoisotopic (exact) mass is 355 g/mol.